The van der Waals surface area contributed by atoms with Crippen molar-refractivity contribution in [3.05, 3.63) is 47.1 Å². The molecule has 0 aliphatic carbocycles. The second kappa shape index (κ2) is 7.53. The first-order chi connectivity index (χ1) is 10.2. The predicted octanol–water partition coefficient (Wildman–Crippen LogP) is 1.76. The molecule has 0 saturated carbocycles. The zero-order chi connectivity index (χ0) is 15.1. The molecule has 1 aromatic carbocycles. The van der Waals surface area contributed by atoms with E-state index >= 15 is 0 Å². The third kappa shape index (κ3) is 4.38. The van der Waals surface area contributed by atoms with Crippen molar-refractivity contribution in [2.24, 2.45) is 0 Å². The van der Waals surface area contributed by atoms with Crippen LogP contribution in [0.25, 0.3) is 0 Å². The molecule has 6 heteroatoms. The van der Waals surface area contributed by atoms with Gasteiger partial charge in [0.05, 0.1) is 24.8 Å². The highest BCUT2D eigenvalue weighted by Crippen LogP contribution is 2.11. The number of ether oxygens (including phenoxy) is 1. The number of nitriles is 1. The molecule has 1 aromatic heterocycles. The Kier molecular flexibility index (Phi) is 5.43. The zero-order valence-electron chi connectivity index (χ0n) is 12.2. The summed E-state index contributed by atoms with van der Waals surface area (Å²) in [6.07, 6.45) is 0.640. The SMILES string of the molecule is COCCc1noc(CN(C)Cc2ccccc2C#N)n1. The fraction of sp³-hybridized carbons (Fsp3) is 0.400. The highest BCUT2D eigenvalue weighted by atomic mass is 16.5. The van der Waals surface area contributed by atoms with E-state index in [9.17, 15) is 0 Å². The van der Waals surface area contributed by atoms with Crippen LogP contribution in [0, 0.1) is 11.3 Å². The van der Waals surface area contributed by atoms with Crippen LogP contribution in [0.1, 0.15) is 22.8 Å². The van der Waals surface area contributed by atoms with Crippen molar-refractivity contribution in [1.29, 1.82) is 5.26 Å². The van der Waals surface area contributed by atoms with Crippen LogP contribution in [0.15, 0.2) is 28.8 Å². The number of nitrogens with zero attached hydrogens (tertiary/aromatic N) is 4. The van der Waals surface area contributed by atoms with E-state index in [-0.39, 0.29) is 0 Å². The molecule has 0 radical (unpaired) electrons. The average molecular weight is 286 g/mol. The highest BCUT2D eigenvalue weighted by molar-refractivity contribution is 5.37. The molecule has 0 N–H and O–H groups in total. The fourth-order valence-electron chi connectivity index (χ4n) is 1.99. The second-order valence-corrected chi connectivity index (χ2v) is 4.79. The smallest absolute Gasteiger partial charge is 0.240 e. The van der Waals surface area contributed by atoms with Gasteiger partial charge in [0.1, 0.15) is 0 Å². The first kappa shape index (κ1) is 15.2. The van der Waals surface area contributed by atoms with Gasteiger partial charge in [0.25, 0.3) is 0 Å². The summed E-state index contributed by atoms with van der Waals surface area (Å²) in [6, 6.07) is 9.76. The molecule has 0 spiro atoms. The lowest BCUT2D eigenvalue weighted by molar-refractivity contribution is 0.199. The summed E-state index contributed by atoms with van der Waals surface area (Å²) in [4.78, 5) is 6.34. The van der Waals surface area contributed by atoms with E-state index < -0.39 is 0 Å². The van der Waals surface area contributed by atoms with Crippen molar-refractivity contribution >= 4 is 0 Å². The van der Waals surface area contributed by atoms with Gasteiger partial charge in [-0.05, 0) is 18.7 Å². The highest BCUT2D eigenvalue weighted by Gasteiger charge is 2.11. The van der Waals surface area contributed by atoms with Gasteiger partial charge in [0.15, 0.2) is 5.82 Å². The molecule has 0 saturated heterocycles. The zero-order valence-corrected chi connectivity index (χ0v) is 12.2. The summed E-state index contributed by atoms with van der Waals surface area (Å²) < 4.78 is 10.2. The van der Waals surface area contributed by atoms with Gasteiger partial charge in [-0.1, -0.05) is 23.4 Å². The molecular formula is C15H18N4O2. The maximum atomic E-state index is 9.09. The molecule has 2 aromatic rings. The number of hydrogen-bond donors (Lipinski definition) is 0. The molecule has 2 rings (SSSR count). The lowest BCUT2D eigenvalue weighted by Gasteiger charge is -2.14. The Balaban J connectivity index is 1.94. The largest absolute Gasteiger partial charge is 0.384 e. The molecule has 0 aliphatic heterocycles. The molecule has 21 heavy (non-hydrogen) atoms. The van der Waals surface area contributed by atoms with Crippen LogP contribution in [0.5, 0.6) is 0 Å². The topological polar surface area (TPSA) is 75.2 Å². The molecule has 110 valence electrons. The van der Waals surface area contributed by atoms with E-state index in [0.717, 1.165) is 5.56 Å². The quantitative estimate of drug-likeness (QED) is 0.772. The van der Waals surface area contributed by atoms with E-state index in [1.165, 1.54) is 0 Å². The number of rotatable bonds is 7. The minimum atomic E-state index is 0.541. The maximum absolute atomic E-state index is 9.09. The van der Waals surface area contributed by atoms with Crippen molar-refractivity contribution in [3.8, 4) is 6.07 Å². The summed E-state index contributed by atoms with van der Waals surface area (Å²) in [7, 11) is 3.59. The summed E-state index contributed by atoms with van der Waals surface area (Å²) in [5.41, 5.74) is 1.68. The van der Waals surface area contributed by atoms with E-state index in [2.05, 4.69) is 16.2 Å². The van der Waals surface area contributed by atoms with Crippen LogP contribution in [0.3, 0.4) is 0 Å². The van der Waals surface area contributed by atoms with Crippen molar-refractivity contribution in [2.75, 3.05) is 20.8 Å². The molecule has 6 nitrogen and oxygen atoms in total. The van der Waals surface area contributed by atoms with Crippen molar-refractivity contribution in [3.63, 3.8) is 0 Å². The second-order valence-electron chi connectivity index (χ2n) is 4.79. The van der Waals surface area contributed by atoms with Crippen LogP contribution in [-0.4, -0.2) is 35.8 Å². The van der Waals surface area contributed by atoms with Crippen LogP contribution in [-0.2, 0) is 24.2 Å². The minimum absolute atomic E-state index is 0.541. The first-order valence-corrected chi connectivity index (χ1v) is 6.70. The lowest BCUT2D eigenvalue weighted by Crippen LogP contribution is -2.18. The third-order valence-corrected chi connectivity index (χ3v) is 3.02. The number of methoxy groups -OCH3 is 1. The van der Waals surface area contributed by atoms with Crippen molar-refractivity contribution in [1.82, 2.24) is 15.0 Å². The van der Waals surface area contributed by atoms with E-state index in [0.29, 0.717) is 43.4 Å². The Bertz CT molecular complexity index is 618. The summed E-state index contributed by atoms with van der Waals surface area (Å²) >= 11 is 0. The van der Waals surface area contributed by atoms with Gasteiger partial charge in [-0.25, -0.2) is 0 Å². The van der Waals surface area contributed by atoms with Gasteiger partial charge in [0, 0.05) is 20.1 Å². The van der Waals surface area contributed by atoms with E-state index in [1.54, 1.807) is 7.11 Å². The predicted molar refractivity (Wildman–Crippen MR) is 76.2 cm³/mol. The summed E-state index contributed by atoms with van der Waals surface area (Å²) in [5.74, 6) is 1.22. The molecule has 0 atom stereocenters. The van der Waals surface area contributed by atoms with Crippen LogP contribution in [0.4, 0.5) is 0 Å². The first-order valence-electron chi connectivity index (χ1n) is 6.70. The Morgan fingerprint density at radius 1 is 1.33 bits per heavy atom. The number of hydrogen-bond acceptors (Lipinski definition) is 6. The molecule has 0 unspecified atom stereocenters. The Morgan fingerprint density at radius 3 is 2.90 bits per heavy atom. The Hall–Kier alpha value is -2.23. The average Bonchev–Trinajstić information content (AvgIpc) is 2.93. The minimum Gasteiger partial charge on any atom is -0.384 e. The van der Waals surface area contributed by atoms with Gasteiger partial charge in [-0.15, -0.1) is 0 Å². The molecule has 0 fully saturated rings. The van der Waals surface area contributed by atoms with E-state index in [1.807, 2.05) is 36.2 Å². The van der Waals surface area contributed by atoms with Crippen LogP contribution < -0.4 is 0 Å². The van der Waals surface area contributed by atoms with E-state index in [4.69, 9.17) is 14.5 Å². The Labute approximate surface area is 123 Å². The van der Waals surface area contributed by atoms with Crippen molar-refractivity contribution < 1.29 is 9.26 Å². The number of aromatic nitrogens is 2. The van der Waals surface area contributed by atoms with Crippen LogP contribution >= 0.6 is 0 Å². The maximum Gasteiger partial charge on any atom is 0.240 e. The molecule has 0 aliphatic rings. The molecular weight excluding hydrogens is 268 g/mol. The van der Waals surface area contributed by atoms with Gasteiger partial charge < -0.3 is 9.26 Å². The fourth-order valence-corrected chi connectivity index (χ4v) is 1.99. The van der Waals surface area contributed by atoms with Crippen molar-refractivity contribution in [2.45, 2.75) is 19.5 Å². The van der Waals surface area contributed by atoms with Crippen LogP contribution in [0.2, 0.25) is 0 Å². The van der Waals surface area contributed by atoms with Gasteiger partial charge in [-0.3, -0.25) is 4.90 Å². The molecule has 1 heterocycles. The van der Waals surface area contributed by atoms with Gasteiger partial charge in [0.2, 0.25) is 5.89 Å². The number of benzene rings is 1. The molecule has 0 amide bonds. The summed E-state index contributed by atoms with van der Waals surface area (Å²) in [6.45, 7) is 1.77. The summed E-state index contributed by atoms with van der Waals surface area (Å²) in [5, 5.41) is 13.0. The molecule has 0 bridgehead atoms. The lowest BCUT2D eigenvalue weighted by atomic mass is 10.1. The van der Waals surface area contributed by atoms with Gasteiger partial charge >= 0.3 is 0 Å². The normalized spacial score (nSPS) is 10.8. The Morgan fingerprint density at radius 2 is 2.14 bits per heavy atom. The standard InChI is InChI=1S/C15H18N4O2/c1-19(10-13-6-4-3-5-12(13)9-16)11-15-17-14(18-21-15)7-8-20-2/h3-6H,7-8,10-11H2,1-2H3. The third-order valence-electron chi connectivity index (χ3n) is 3.02. The monoisotopic (exact) mass is 286 g/mol. The van der Waals surface area contributed by atoms with Gasteiger partial charge in [-0.2, -0.15) is 10.2 Å².